The summed E-state index contributed by atoms with van der Waals surface area (Å²) in [4.78, 5) is 14.7. The van der Waals surface area contributed by atoms with Crippen LogP contribution in [-0.2, 0) is 7.05 Å². The number of fused-ring (bicyclic) bond motifs is 1. The summed E-state index contributed by atoms with van der Waals surface area (Å²) in [6, 6.07) is 8.47. The van der Waals surface area contributed by atoms with Gasteiger partial charge in [0, 0.05) is 43.3 Å². The largest absolute Gasteiger partial charge is 0.350 e. The van der Waals surface area contributed by atoms with E-state index < -0.39 is 0 Å². The smallest absolute Gasteiger partial charge is 0.256 e. The van der Waals surface area contributed by atoms with Crippen LogP contribution in [0.25, 0.3) is 10.9 Å². The lowest BCUT2D eigenvalue weighted by atomic mass is 10.1. The van der Waals surface area contributed by atoms with Crippen molar-refractivity contribution < 1.29 is 4.79 Å². The number of aryl methyl sites for hydroxylation is 1. The third-order valence-corrected chi connectivity index (χ3v) is 4.40. The Morgan fingerprint density at radius 3 is 2.75 bits per heavy atom. The van der Waals surface area contributed by atoms with E-state index in [1.54, 1.807) is 0 Å². The highest BCUT2D eigenvalue weighted by Gasteiger charge is 2.32. The normalized spacial score (nSPS) is 22.6. The minimum atomic E-state index is 0.145. The van der Waals surface area contributed by atoms with E-state index in [0.29, 0.717) is 12.0 Å². The Hall–Kier alpha value is -1.81. The summed E-state index contributed by atoms with van der Waals surface area (Å²) in [5, 5.41) is 4.34. The summed E-state index contributed by atoms with van der Waals surface area (Å²) in [7, 11) is 3.95. The van der Waals surface area contributed by atoms with Gasteiger partial charge in [-0.1, -0.05) is 25.1 Å². The predicted molar refractivity (Wildman–Crippen MR) is 80.8 cm³/mol. The molecule has 1 N–H and O–H groups in total. The van der Waals surface area contributed by atoms with Crippen molar-refractivity contribution in [3.05, 3.63) is 36.0 Å². The summed E-state index contributed by atoms with van der Waals surface area (Å²) in [5.74, 6) is 0.644. The Kier molecular flexibility index (Phi) is 3.26. The first-order valence-electron chi connectivity index (χ1n) is 7.12. The fourth-order valence-electron chi connectivity index (χ4n) is 3.19. The topological polar surface area (TPSA) is 37.3 Å². The average Bonchev–Trinajstić information content (AvgIpc) is 3.00. The number of likely N-dealkylation sites (N-methyl/N-ethyl adjacent to an activating group) is 1. The molecular weight excluding hydrogens is 250 g/mol. The molecular formula is C16H21N3O. The van der Waals surface area contributed by atoms with E-state index in [1.165, 1.54) is 0 Å². The minimum Gasteiger partial charge on any atom is -0.350 e. The van der Waals surface area contributed by atoms with Gasteiger partial charge in [-0.05, 0) is 19.0 Å². The van der Waals surface area contributed by atoms with E-state index in [9.17, 15) is 4.79 Å². The van der Waals surface area contributed by atoms with Gasteiger partial charge in [0.2, 0.25) is 0 Å². The molecule has 0 bridgehead atoms. The van der Waals surface area contributed by atoms with Gasteiger partial charge in [0.15, 0.2) is 0 Å². The molecule has 3 rings (SSSR count). The Labute approximate surface area is 119 Å². The molecule has 2 heterocycles. The molecule has 1 aliphatic rings. The van der Waals surface area contributed by atoms with Crippen LogP contribution in [0.2, 0.25) is 0 Å². The van der Waals surface area contributed by atoms with Gasteiger partial charge < -0.3 is 14.8 Å². The molecule has 20 heavy (non-hydrogen) atoms. The molecule has 4 nitrogen and oxygen atoms in total. The molecule has 0 spiro atoms. The van der Waals surface area contributed by atoms with E-state index in [4.69, 9.17) is 0 Å². The average molecular weight is 271 g/mol. The number of aromatic nitrogens is 1. The van der Waals surface area contributed by atoms with Crippen molar-refractivity contribution in [2.45, 2.75) is 13.0 Å². The van der Waals surface area contributed by atoms with Crippen molar-refractivity contribution in [3.63, 3.8) is 0 Å². The Balaban J connectivity index is 1.94. The van der Waals surface area contributed by atoms with Crippen molar-refractivity contribution in [1.29, 1.82) is 0 Å². The molecule has 1 saturated heterocycles. The molecule has 1 aromatic carbocycles. The summed E-state index contributed by atoms with van der Waals surface area (Å²) in [5.41, 5.74) is 1.92. The van der Waals surface area contributed by atoms with Crippen LogP contribution >= 0.6 is 0 Å². The summed E-state index contributed by atoms with van der Waals surface area (Å²) in [6.07, 6.45) is 1.95. The number of nitrogens with one attached hydrogen (secondary N) is 1. The number of hydrogen-bond donors (Lipinski definition) is 1. The standard InChI is InChI=1S/C16H21N3O/c1-11-8-19(10-14(11)17-2)16(20)13-9-18(3)15-7-5-4-6-12(13)15/h4-7,9,11,14,17H,8,10H2,1-3H3/t11-,14+/m0/s1. The van der Waals surface area contributed by atoms with Crippen LogP contribution < -0.4 is 5.32 Å². The van der Waals surface area contributed by atoms with Gasteiger partial charge in [0.1, 0.15) is 0 Å². The zero-order chi connectivity index (χ0) is 14.3. The van der Waals surface area contributed by atoms with Gasteiger partial charge in [-0.2, -0.15) is 0 Å². The van der Waals surface area contributed by atoms with Crippen LogP contribution in [-0.4, -0.2) is 41.6 Å². The number of amides is 1. The first-order chi connectivity index (χ1) is 9.61. The highest BCUT2D eigenvalue weighted by molar-refractivity contribution is 6.07. The fraction of sp³-hybridized carbons (Fsp3) is 0.438. The summed E-state index contributed by atoms with van der Waals surface area (Å²) >= 11 is 0. The van der Waals surface area contributed by atoms with Crippen molar-refractivity contribution >= 4 is 16.8 Å². The van der Waals surface area contributed by atoms with Crippen LogP contribution in [0.15, 0.2) is 30.5 Å². The minimum absolute atomic E-state index is 0.145. The summed E-state index contributed by atoms with van der Waals surface area (Å²) in [6.45, 7) is 3.81. The highest BCUT2D eigenvalue weighted by atomic mass is 16.2. The first-order valence-corrected chi connectivity index (χ1v) is 7.12. The highest BCUT2D eigenvalue weighted by Crippen LogP contribution is 2.24. The maximum absolute atomic E-state index is 12.8. The van der Waals surface area contributed by atoms with Crippen LogP contribution in [0.4, 0.5) is 0 Å². The molecule has 1 fully saturated rings. The Bertz CT molecular complexity index is 646. The zero-order valence-corrected chi connectivity index (χ0v) is 12.3. The molecule has 1 aliphatic heterocycles. The lowest BCUT2D eigenvalue weighted by Crippen LogP contribution is -2.34. The van der Waals surface area contributed by atoms with Gasteiger partial charge in [-0.25, -0.2) is 0 Å². The number of likely N-dealkylation sites (tertiary alicyclic amines) is 1. The lowest BCUT2D eigenvalue weighted by Gasteiger charge is -2.15. The number of hydrogen-bond acceptors (Lipinski definition) is 2. The van der Waals surface area contributed by atoms with Gasteiger partial charge >= 0.3 is 0 Å². The van der Waals surface area contributed by atoms with E-state index in [-0.39, 0.29) is 5.91 Å². The third kappa shape index (κ3) is 2.00. The molecule has 0 aliphatic carbocycles. The number of nitrogens with zero attached hydrogens (tertiary/aromatic N) is 2. The zero-order valence-electron chi connectivity index (χ0n) is 12.3. The van der Waals surface area contributed by atoms with E-state index in [2.05, 4.69) is 18.3 Å². The van der Waals surface area contributed by atoms with E-state index in [0.717, 1.165) is 29.6 Å². The van der Waals surface area contributed by atoms with Gasteiger partial charge in [-0.15, -0.1) is 0 Å². The molecule has 2 atom stereocenters. The number of benzene rings is 1. The van der Waals surface area contributed by atoms with Gasteiger partial charge in [0.25, 0.3) is 5.91 Å². The molecule has 1 aromatic heterocycles. The number of carbonyl (C=O) groups excluding carboxylic acids is 1. The summed E-state index contributed by atoms with van der Waals surface area (Å²) < 4.78 is 2.03. The number of para-hydroxylation sites is 1. The monoisotopic (exact) mass is 271 g/mol. The molecule has 2 aromatic rings. The third-order valence-electron chi connectivity index (χ3n) is 4.40. The van der Waals surface area contributed by atoms with Crippen LogP contribution in [0.5, 0.6) is 0 Å². The second kappa shape index (κ2) is 4.94. The molecule has 106 valence electrons. The maximum Gasteiger partial charge on any atom is 0.256 e. The predicted octanol–water partition coefficient (Wildman–Crippen LogP) is 1.86. The molecule has 0 radical (unpaired) electrons. The van der Waals surface area contributed by atoms with Crippen molar-refractivity contribution in [2.24, 2.45) is 13.0 Å². The van der Waals surface area contributed by atoms with Gasteiger partial charge in [-0.3, -0.25) is 4.79 Å². The Morgan fingerprint density at radius 2 is 2.05 bits per heavy atom. The molecule has 1 amide bonds. The van der Waals surface area contributed by atoms with Crippen molar-refractivity contribution in [3.8, 4) is 0 Å². The van der Waals surface area contributed by atoms with E-state index in [1.807, 2.05) is 48.0 Å². The second-order valence-corrected chi connectivity index (χ2v) is 5.75. The quantitative estimate of drug-likeness (QED) is 0.905. The SMILES string of the molecule is CN[C@@H]1CN(C(=O)c2cn(C)c3ccccc23)C[C@@H]1C. The molecule has 4 heteroatoms. The molecule has 0 saturated carbocycles. The van der Waals surface area contributed by atoms with Crippen LogP contribution in [0.3, 0.4) is 0 Å². The maximum atomic E-state index is 12.8. The van der Waals surface area contributed by atoms with Gasteiger partial charge in [0.05, 0.1) is 5.56 Å². The van der Waals surface area contributed by atoms with E-state index >= 15 is 0 Å². The number of carbonyl (C=O) groups is 1. The second-order valence-electron chi connectivity index (χ2n) is 5.75. The molecule has 0 unspecified atom stereocenters. The lowest BCUT2D eigenvalue weighted by molar-refractivity contribution is 0.0788. The Morgan fingerprint density at radius 1 is 1.30 bits per heavy atom. The fourth-order valence-corrected chi connectivity index (χ4v) is 3.19. The number of rotatable bonds is 2. The van der Waals surface area contributed by atoms with Crippen molar-refractivity contribution in [1.82, 2.24) is 14.8 Å². The van der Waals surface area contributed by atoms with Crippen LogP contribution in [0, 0.1) is 5.92 Å². The first kappa shape index (κ1) is 13.2. The van der Waals surface area contributed by atoms with Crippen LogP contribution in [0.1, 0.15) is 17.3 Å². The van der Waals surface area contributed by atoms with Crippen molar-refractivity contribution in [2.75, 3.05) is 20.1 Å².